The molecule has 45 heavy (non-hydrogen) atoms. The Morgan fingerprint density at radius 1 is 1.07 bits per heavy atom. The van der Waals surface area contributed by atoms with Crippen molar-refractivity contribution in [1.82, 2.24) is 0 Å². The van der Waals surface area contributed by atoms with Gasteiger partial charge in [-0.05, 0) is 111 Å². The Hall–Kier alpha value is -2.38. The second kappa shape index (κ2) is 14.2. The lowest BCUT2D eigenvalue weighted by atomic mass is 9.48. The molecule has 4 aliphatic rings. The predicted molar refractivity (Wildman–Crippen MR) is 175 cm³/mol. The summed E-state index contributed by atoms with van der Waals surface area (Å²) >= 11 is 0. The van der Waals surface area contributed by atoms with E-state index in [9.17, 15) is 9.59 Å². The average molecular weight is 685 g/mol. The molecule has 1 aromatic carbocycles. The minimum atomic E-state index is -0.300. The zero-order valence-electron chi connectivity index (χ0n) is 28.3. The van der Waals surface area contributed by atoms with E-state index in [2.05, 4.69) is 52.5 Å². The van der Waals surface area contributed by atoms with Crippen LogP contribution in [0.1, 0.15) is 85.1 Å². The molecule has 3 saturated carbocycles. The van der Waals surface area contributed by atoms with Gasteiger partial charge in [0.25, 0.3) is 0 Å². The first-order chi connectivity index (χ1) is 21.0. The van der Waals surface area contributed by atoms with Crippen molar-refractivity contribution < 1.29 is 45.3 Å². The number of likely N-dealkylation sites (N-methyl/N-ethyl adjacent to an activating group) is 1. The van der Waals surface area contributed by atoms with E-state index in [-0.39, 0.29) is 39.9 Å². The van der Waals surface area contributed by atoms with Crippen molar-refractivity contribution >= 4 is 17.8 Å². The van der Waals surface area contributed by atoms with Crippen molar-refractivity contribution in [3.8, 4) is 11.5 Å². The molecule has 0 heterocycles. The molecule has 5 rings (SSSR count). The summed E-state index contributed by atoms with van der Waals surface area (Å²) in [6.45, 7) is 19.1. The Labute approximate surface area is 281 Å². The van der Waals surface area contributed by atoms with Crippen molar-refractivity contribution in [2.24, 2.45) is 28.6 Å². The molecule has 6 atom stereocenters. The lowest BCUT2D eigenvalue weighted by molar-refractivity contribution is -0.919. The molecule has 3 fully saturated rings. The van der Waals surface area contributed by atoms with Crippen molar-refractivity contribution in [3.63, 3.8) is 0 Å². The van der Waals surface area contributed by atoms with Gasteiger partial charge in [0.2, 0.25) is 0 Å². The Balaban J connectivity index is 0.00000461. The van der Waals surface area contributed by atoms with Gasteiger partial charge in [-0.15, -0.1) is 0 Å². The van der Waals surface area contributed by atoms with Crippen LogP contribution < -0.4 is 26.5 Å². The summed E-state index contributed by atoms with van der Waals surface area (Å²) in [6.07, 6.45) is 13.3. The number of methoxy groups -OCH3 is 1. The van der Waals surface area contributed by atoms with Crippen LogP contribution in [0.15, 0.2) is 48.1 Å². The average Bonchev–Trinajstić information content (AvgIpc) is 3.26. The molecule has 0 unspecified atom stereocenters. The van der Waals surface area contributed by atoms with E-state index in [0.29, 0.717) is 35.9 Å². The second-order valence-corrected chi connectivity index (χ2v) is 14.3. The van der Waals surface area contributed by atoms with Crippen molar-refractivity contribution in [2.75, 3.05) is 39.9 Å². The predicted octanol–water partition coefficient (Wildman–Crippen LogP) is 4.58. The van der Waals surface area contributed by atoms with Gasteiger partial charge in [-0.25, -0.2) is 0 Å². The summed E-state index contributed by atoms with van der Waals surface area (Å²) in [5.41, 5.74) is 3.24. The molecule has 1 aromatic rings. The van der Waals surface area contributed by atoms with Crippen LogP contribution in [-0.4, -0.2) is 62.2 Å². The van der Waals surface area contributed by atoms with Gasteiger partial charge in [0, 0.05) is 18.8 Å². The highest BCUT2D eigenvalue weighted by Gasteiger charge is 2.60. The molecule has 248 valence electrons. The molecular formula is C38H54BrNO5. The molecule has 0 radical (unpaired) electrons. The first-order valence-corrected chi connectivity index (χ1v) is 16.9. The van der Waals surface area contributed by atoms with Crippen molar-refractivity contribution in [2.45, 2.75) is 85.7 Å². The Kier molecular flexibility index (Phi) is 11.2. The van der Waals surface area contributed by atoms with E-state index in [1.165, 1.54) is 12.5 Å². The molecule has 0 saturated heterocycles. The topological polar surface area (TPSA) is 61.8 Å². The number of quaternary nitrogens is 1. The summed E-state index contributed by atoms with van der Waals surface area (Å²) in [4.78, 5) is 25.6. The number of halogens is 1. The van der Waals surface area contributed by atoms with E-state index < -0.39 is 0 Å². The fraction of sp³-hybridized carbons (Fsp3) is 0.632. The molecular weight excluding hydrogens is 630 g/mol. The quantitative estimate of drug-likeness (QED) is 0.148. The van der Waals surface area contributed by atoms with Crippen LogP contribution in [0.2, 0.25) is 0 Å². The van der Waals surface area contributed by atoms with E-state index >= 15 is 0 Å². The van der Waals surface area contributed by atoms with Gasteiger partial charge in [0.1, 0.15) is 19.3 Å². The Morgan fingerprint density at radius 2 is 1.80 bits per heavy atom. The summed E-state index contributed by atoms with van der Waals surface area (Å²) in [7, 11) is 1.68. The third kappa shape index (κ3) is 6.72. The van der Waals surface area contributed by atoms with E-state index in [1.54, 1.807) is 7.11 Å². The molecule has 0 spiro atoms. The van der Waals surface area contributed by atoms with Crippen LogP contribution in [0.3, 0.4) is 0 Å². The monoisotopic (exact) mass is 683 g/mol. The van der Waals surface area contributed by atoms with Gasteiger partial charge < -0.3 is 35.7 Å². The summed E-state index contributed by atoms with van der Waals surface area (Å²) < 4.78 is 18.5. The van der Waals surface area contributed by atoms with Gasteiger partial charge in [-0.2, -0.15) is 0 Å². The molecule has 0 N–H and O–H groups in total. The molecule has 7 heteroatoms. The maximum absolute atomic E-state index is 14.0. The highest BCUT2D eigenvalue weighted by Crippen LogP contribution is 2.65. The van der Waals surface area contributed by atoms with Crippen LogP contribution in [0, 0.1) is 28.6 Å². The molecule has 0 aliphatic heterocycles. The fourth-order valence-electron chi connectivity index (χ4n) is 9.37. The maximum atomic E-state index is 14.0. The number of hydrogen-bond acceptors (Lipinski definition) is 5. The van der Waals surface area contributed by atoms with E-state index in [4.69, 9.17) is 14.2 Å². The molecule has 4 aliphatic carbocycles. The molecule has 0 amide bonds. The van der Waals surface area contributed by atoms with Gasteiger partial charge in [0.15, 0.2) is 17.3 Å². The van der Waals surface area contributed by atoms with Crippen LogP contribution in [0.5, 0.6) is 11.5 Å². The number of hydrogen-bond donors (Lipinski definition) is 0. The Morgan fingerprint density at radius 3 is 2.47 bits per heavy atom. The lowest BCUT2D eigenvalue weighted by Crippen LogP contribution is -3.00. The van der Waals surface area contributed by atoms with E-state index in [0.717, 1.165) is 92.5 Å². The second-order valence-electron chi connectivity index (χ2n) is 14.3. The summed E-state index contributed by atoms with van der Waals surface area (Å²) in [5.74, 6) is 3.02. The molecule has 0 bridgehead atoms. The SMILES string of the molecule is C=CC[N+](CC)(CC)CCOc1ccc(/C=C2\C[C@H]3[C@@H]4CC=C5C[C@@H](OC(C)=O)CC[C@]5(C)[C@H]4CC[C@]3(C)C2=O)cc1OC.[Br-]. The molecule has 6 nitrogen and oxygen atoms in total. The number of carbonyl (C=O) groups is 2. The van der Waals surface area contributed by atoms with Crippen LogP contribution in [0.4, 0.5) is 0 Å². The van der Waals surface area contributed by atoms with Crippen LogP contribution >= 0.6 is 0 Å². The number of nitrogens with zero attached hydrogens (tertiary/aromatic N) is 1. The normalized spacial score (nSPS) is 31.6. The summed E-state index contributed by atoms with van der Waals surface area (Å²) in [5, 5.41) is 0. The minimum Gasteiger partial charge on any atom is -1.00 e. The van der Waals surface area contributed by atoms with Gasteiger partial charge >= 0.3 is 5.97 Å². The number of fused-ring (bicyclic) bond motifs is 5. The van der Waals surface area contributed by atoms with Gasteiger partial charge in [-0.1, -0.05) is 38.1 Å². The first kappa shape index (κ1) is 35.5. The minimum absolute atomic E-state index is 0. The number of esters is 1. The first-order valence-electron chi connectivity index (χ1n) is 16.9. The van der Waals surface area contributed by atoms with Gasteiger partial charge in [-0.3, -0.25) is 9.59 Å². The highest BCUT2D eigenvalue weighted by atomic mass is 79.9. The van der Waals surface area contributed by atoms with Crippen LogP contribution in [-0.2, 0) is 14.3 Å². The number of carbonyl (C=O) groups excluding carboxylic acids is 2. The standard InChI is InChI=1S/C38H54NO5.BrH/c1-8-19-39(9-2,10-3)20-21-43-34-14-11-27(23-35(34)42-7)22-28-24-33-31-13-12-29-25-30(44-26(4)40)15-17-37(29,5)32(31)16-18-38(33,6)36(28)41;/h8,11-12,14,22-23,30-33H,1,9-10,13,15-21,24-25H2,2-7H3;1H/q+1;/p-1/b28-22+;/t30-,31+,32-,33-,37-,38-;/m0./s1. The van der Waals surface area contributed by atoms with Crippen molar-refractivity contribution in [1.29, 1.82) is 0 Å². The third-order valence-corrected chi connectivity index (χ3v) is 12.2. The number of ether oxygens (including phenoxy) is 3. The smallest absolute Gasteiger partial charge is 0.302 e. The van der Waals surface area contributed by atoms with Crippen molar-refractivity contribution in [3.05, 3.63) is 53.6 Å². The largest absolute Gasteiger partial charge is 1.00 e. The fourth-order valence-corrected chi connectivity index (χ4v) is 9.37. The van der Waals surface area contributed by atoms with Gasteiger partial charge in [0.05, 0.1) is 26.7 Å². The number of benzene rings is 1. The molecule has 0 aromatic heterocycles. The van der Waals surface area contributed by atoms with Crippen LogP contribution in [0.25, 0.3) is 6.08 Å². The van der Waals surface area contributed by atoms with E-state index in [1.807, 2.05) is 18.2 Å². The highest BCUT2D eigenvalue weighted by molar-refractivity contribution is 6.06. The number of allylic oxidation sites excluding steroid dienone is 2. The third-order valence-electron chi connectivity index (χ3n) is 12.2. The zero-order chi connectivity index (χ0) is 31.7. The number of Topliss-reactive ketones (excluding diaryl/α,β-unsaturated/α-hetero) is 1. The summed E-state index contributed by atoms with van der Waals surface area (Å²) in [6, 6.07) is 6.04. The number of rotatable bonds is 11. The maximum Gasteiger partial charge on any atom is 0.302 e. The Bertz CT molecular complexity index is 1330. The number of ketones is 1. The zero-order valence-corrected chi connectivity index (χ0v) is 29.9. The lowest BCUT2D eigenvalue weighted by Gasteiger charge is -2.56.